The molecule has 0 saturated carbocycles. The predicted octanol–water partition coefficient (Wildman–Crippen LogP) is 3.81. The summed E-state index contributed by atoms with van der Waals surface area (Å²) in [5, 5.41) is 5.24. The first-order valence-corrected chi connectivity index (χ1v) is 9.93. The van der Waals surface area contributed by atoms with Gasteiger partial charge in [0.1, 0.15) is 12.4 Å². The molecule has 1 unspecified atom stereocenters. The Kier molecular flexibility index (Phi) is 5.22. The van der Waals surface area contributed by atoms with Crippen molar-refractivity contribution in [3.63, 3.8) is 0 Å². The molecule has 2 aromatic carbocycles. The highest BCUT2D eigenvalue weighted by molar-refractivity contribution is 7.10. The van der Waals surface area contributed by atoms with E-state index >= 15 is 0 Å². The molecule has 4 rings (SSSR count). The smallest absolute Gasteiger partial charge is 0.261 e. The molecule has 0 bridgehead atoms. The SMILES string of the molecule is Cc1ccc(C(NC(=O)Cn2cnc3cc(F)ccc3c2=O)c2cccs2)cc1. The second-order valence-corrected chi connectivity index (χ2v) is 7.74. The number of nitrogens with one attached hydrogen (secondary N) is 1. The summed E-state index contributed by atoms with van der Waals surface area (Å²) in [7, 11) is 0. The van der Waals surface area contributed by atoms with Crippen LogP contribution in [0.25, 0.3) is 10.9 Å². The maximum Gasteiger partial charge on any atom is 0.261 e. The Labute approximate surface area is 170 Å². The van der Waals surface area contributed by atoms with Crippen LogP contribution in [0.4, 0.5) is 4.39 Å². The van der Waals surface area contributed by atoms with Gasteiger partial charge < -0.3 is 5.32 Å². The van der Waals surface area contributed by atoms with Gasteiger partial charge in [0.2, 0.25) is 5.91 Å². The Balaban J connectivity index is 1.59. The second-order valence-electron chi connectivity index (χ2n) is 6.77. The van der Waals surface area contributed by atoms with Crippen LogP contribution >= 0.6 is 11.3 Å². The first kappa shape index (κ1) is 19.0. The summed E-state index contributed by atoms with van der Waals surface area (Å²) in [6, 6.07) is 15.4. The monoisotopic (exact) mass is 407 g/mol. The van der Waals surface area contributed by atoms with Gasteiger partial charge in [0.25, 0.3) is 5.56 Å². The summed E-state index contributed by atoms with van der Waals surface area (Å²) in [4.78, 5) is 30.5. The molecule has 29 heavy (non-hydrogen) atoms. The Morgan fingerprint density at radius 2 is 2.00 bits per heavy atom. The molecular formula is C22H18FN3O2S. The van der Waals surface area contributed by atoms with E-state index in [-0.39, 0.29) is 35.0 Å². The number of aromatic nitrogens is 2. The van der Waals surface area contributed by atoms with Crippen molar-refractivity contribution in [2.45, 2.75) is 19.5 Å². The Morgan fingerprint density at radius 3 is 2.72 bits per heavy atom. The van der Waals surface area contributed by atoms with Crippen molar-refractivity contribution < 1.29 is 9.18 Å². The molecule has 0 aliphatic heterocycles. The van der Waals surface area contributed by atoms with Crippen LogP contribution in [0.5, 0.6) is 0 Å². The summed E-state index contributed by atoms with van der Waals surface area (Å²) in [5.41, 5.74) is 1.98. The van der Waals surface area contributed by atoms with Gasteiger partial charge in [-0.15, -0.1) is 11.3 Å². The number of aryl methyl sites for hydroxylation is 1. The first-order valence-electron chi connectivity index (χ1n) is 9.05. The fraction of sp³-hybridized carbons (Fsp3) is 0.136. The molecule has 1 amide bonds. The van der Waals surface area contributed by atoms with Gasteiger partial charge in [0.15, 0.2) is 0 Å². The molecule has 0 radical (unpaired) electrons. The van der Waals surface area contributed by atoms with Crippen molar-refractivity contribution in [1.29, 1.82) is 0 Å². The van der Waals surface area contributed by atoms with Crippen LogP contribution in [-0.2, 0) is 11.3 Å². The van der Waals surface area contributed by atoms with Crippen LogP contribution in [0, 0.1) is 12.7 Å². The van der Waals surface area contributed by atoms with Crippen molar-refractivity contribution in [1.82, 2.24) is 14.9 Å². The number of amides is 1. The van der Waals surface area contributed by atoms with Crippen molar-refractivity contribution in [3.8, 4) is 0 Å². The zero-order valence-electron chi connectivity index (χ0n) is 15.6. The van der Waals surface area contributed by atoms with E-state index in [1.165, 1.54) is 29.1 Å². The molecule has 7 heteroatoms. The van der Waals surface area contributed by atoms with Crippen LogP contribution in [0.15, 0.2) is 71.1 Å². The lowest BCUT2D eigenvalue weighted by Crippen LogP contribution is -2.35. The van der Waals surface area contributed by atoms with E-state index in [0.29, 0.717) is 0 Å². The number of carbonyl (C=O) groups is 1. The number of thiophene rings is 1. The summed E-state index contributed by atoms with van der Waals surface area (Å²) in [6.45, 7) is 1.83. The van der Waals surface area contributed by atoms with Gasteiger partial charge in [-0.1, -0.05) is 35.9 Å². The number of carbonyl (C=O) groups excluding carboxylic acids is 1. The second kappa shape index (κ2) is 7.97. The van der Waals surface area contributed by atoms with Crippen LogP contribution in [0.2, 0.25) is 0 Å². The molecule has 0 saturated heterocycles. The van der Waals surface area contributed by atoms with Crippen molar-refractivity contribution in [2.75, 3.05) is 0 Å². The maximum atomic E-state index is 13.3. The number of benzene rings is 2. The van der Waals surface area contributed by atoms with E-state index in [9.17, 15) is 14.0 Å². The van der Waals surface area contributed by atoms with Crippen molar-refractivity contribution >= 4 is 28.1 Å². The van der Waals surface area contributed by atoms with E-state index < -0.39 is 5.82 Å². The fourth-order valence-electron chi connectivity index (χ4n) is 3.14. The molecule has 1 N–H and O–H groups in total. The summed E-state index contributed by atoms with van der Waals surface area (Å²) < 4.78 is 14.6. The number of halogens is 1. The van der Waals surface area contributed by atoms with Crippen molar-refractivity contribution in [2.24, 2.45) is 0 Å². The third kappa shape index (κ3) is 4.09. The quantitative estimate of drug-likeness (QED) is 0.547. The van der Waals surface area contributed by atoms with Crippen molar-refractivity contribution in [3.05, 3.63) is 98.5 Å². The molecule has 2 heterocycles. The Hall–Kier alpha value is -3.32. The molecule has 0 aliphatic rings. The van der Waals surface area contributed by atoms with E-state index in [4.69, 9.17) is 0 Å². The molecule has 0 fully saturated rings. The standard InChI is InChI=1S/C22H18FN3O2S/c1-14-4-6-15(7-5-14)21(19-3-2-10-29-19)25-20(27)12-26-13-24-18-11-16(23)8-9-17(18)22(26)28/h2-11,13,21H,12H2,1H3,(H,25,27). The third-order valence-electron chi connectivity index (χ3n) is 4.64. The highest BCUT2D eigenvalue weighted by Crippen LogP contribution is 2.26. The van der Waals surface area contributed by atoms with E-state index in [1.54, 1.807) is 11.3 Å². The minimum atomic E-state index is -0.461. The highest BCUT2D eigenvalue weighted by Gasteiger charge is 2.18. The van der Waals surface area contributed by atoms with Crippen LogP contribution < -0.4 is 10.9 Å². The number of nitrogens with zero attached hydrogens (tertiary/aromatic N) is 2. The zero-order valence-corrected chi connectivity index (χ0v) is 16.4. The highest BCUT2D eigenvalue weighted by atomic mass is 32.1. The summed E-state index contributed by atoms with van der Waals surface area (Å²) in [6.07, 6.45) is 1.27. The fourth-order valence-corrected chi connectivity index (χ4v) is 3.94. The predicted molar refractivity (Wildman–Crippen MR) is 111 cm³/mol. The average molecular weight is 407 g/mol. The van der Waals surface area contributed by atoms with E-state index in [2.05, 4.69) is 10.3 Å². The Bertz CT molecular complexity index is 1220. The maximum absolute atomic E-state index is 13.3. The van der Waals surface area contributed by atoms with Gasteiger partial charge in [-0.2, -0.15) is 0 Å². The van der Waals surface area contributed by atoms with Crippen LogP contribution in [-0.4, -0.2) is 15.5 Å². The molecule has 1 atom stereocenters. The summed E-state index contributed by atoms with van der Waals surface area (Å²) in [5.74, 6) is -0.772. The average Bonchev–Trinajstić information content (AvgIpc) is 3.24. The lowest BCUT2D eigenvalue weighted by molar-refractivity contribution is -0.122. The Morgan fingerprint density at radius 1 is 1.21 bits per heavy atom. The minimum absolute atomic E-state index is 0.174. The van der Waals surface area contributed by atoms with Gasteiger partial charge >= 0.3 is 0 Å². The lowest BCUT2D eigenvalue weighted by atomic mass is 10.0. The molecule has 4 aromatic rings. The zero-order chi connectivity index (χ0) is 20.4. The molecule has 146 valence electrons. The van der Waals surface area contributed by atoms with E-state index in [1.807, 2.05) is 48.7 Å². The van der Waals surface area contributed by atoms with E-state index in [0.717, 1.165) is 16.0 Å². The summed E-state index contributed by atoms with van der Waals surface area (Å²) >= 11 is 1.55. The minimum Gasteiger partial charge on any atom is -0.343 e. The molecular weight excluding hydrogens is 389 g/mol. The topological polar surface area (TPSA) is 64.0 Å². The number of rotatable bonds is 5. The molecule has 0 aliphatic carbocycles. The number of hydrogen-bond acceptors (Lipinski definition) is 4. The van der Waals surface area contributed by atoms with Crippen LogP contribution in [0.3, 0.4) is 0 Å². The van der Waals surface area contributed by atoms with Gasteiger partial charge in [-0.05, 0) is 36.1 Å². The largest absolute Gasteiger partial charge is 0.343 e. The van der Waals surface area contributed by atoms with Gasteiger partial charge in [0.05, 0.1) is 23.3 Å². The number of hydrogen-bond donors (Lipinski definition) is 1. The number of fused-ring (bicyclic) bond motifs is 1. The first-order chi connectivity index (χ1) is 14.0. The third-order valence-corrected chi connectivity index (χ3v) is 5.58. The molecule has 0 spiro atoms. The van der Waals surface area contributed by atoms with Gasteiger partial charge in [-0.3, -0.25) is 14.2 Å². The van der Waals surface area contributed by atoms with Crippen LogP contribution in [0.1, 0.15) is 22.0 Å². The molecule has 2 aromatic heterocycles. The van der Waals surface area contributed by atoms with Gasteiger partial charge in [-0.25, -0.2) is 9.37 Å². The lowest BCUT2D eigenvalue weighted by Gasteiger charge is -2.19. The molecule has 5 nitrogen and oxygen atoms in total. The normalized spacial score (nSPS) is 12.1. The van der Waals surface area contributed by atoms with Gasteiger partial charge in [0, 0.05) is 10.9 Å².